The van der Waals surface area contributed by atoms with Crippen LogP contribution in [0.4, 0.5) is 0 Å². The van der Waals surface area contributed by atoms with Gasteiger partial charge in [0.2, 0.25) is 0 Å². The number of rotatable bonds is 6. The van der Waals surface area contributed by atoms with Gasteiger partial charge in [0.25, 0.3) is 0 Å². The zero-order valence-electron chi connectivity index (χ0n) is 15.5. The van der Waals surface area contributed by atoms with Crippen molar-refractivity contribution in [2.24, 2.45) is 4.99 Å². The van der Waals surface area contributed by atoms with Crippen LogP contribution in [0, 0.1) is 0 Å². The van der Waals surface area contributed by atoms with Crippen molar-refractivity contribution in [3.05, 3.63) is 83.2 Å². The number of pyridine rings is 1. The van der Waals surface area contributed by atoms with E-state index in [1.807, 2.05) is 47.0 Å². The first-order valence-electron chi connectivity index (χ1n) is 9.06. The van der Waals surface area contributed by atoms with E-state index in [4.69, 9.17) is 21.3 Å². The average Bonchev–Trinajstić information content (AvgIpc) is 3.07. The molecule has 0 saturated heterocycles. The molecule has 0 fully saturated rings. The fraction of sp³-hybridized carbons (Fsp3) is 0.238. The highest BCUT2D eigenvalue weighted by Gasteiger charge is 2.29. The zero-order valence-corrected chi connectivity index (χ0v) is 16.3. The highest BCUT2D eigenvalue weighted by Crippen LogP contribution is 2.34. The number of fused-ring (bicyclic) bond motifs is 3. The molecule has 0 amide bonds. The van der Waals surface area contributed by atoms with Gasteiger partial charge in [0.05, 0.1) is 17.1 Å². The third-order valence-corrected chi connectivity index (χ3v) is 4.85. The van der Waals surface area contributed by atoms with Crippen molar-refractivity contribution in [2.45, 2.75) is 25.5 Å². The third kappa shape index (κ3) is 3.37. The predicted molar refractivity (Wildman–Crippen MR) is 109 cm³/mol. The highest BCUT2D eigenvalue weighted by atomic mass is 35.5. The van der Waals surface area contributed by atoms with Crippen LogP contribution in [0.2, 0.25) is 5.02 Å². The number of allylic oxidation sites excluding steroid dienone is 1. The lowest BCUT2D eigenvalue weighted by atomic mass is 10.0. The molecule has 6 nitrogen and oxygen atoms in total. The van der Waals surface area contributed by atoms with Crippen LogP contribution in [0.15, 0.2) is 60.2 Å². The first-order valence-corrected chi connectivity index (χ1v) is 9.44. The Morgan fingerprint density at radius 1 is 1.25 bits per heavy atom. The van der Waals surface area contributed by atoms with E-state index < -0.39 is 0 Å². The summed E-state index contributed by atoms with van der Waals surface area (Å²) in [6, 6.07) is 11.4. The molecule has 1 aliphatic heterocycles. The standard InChI is InChI=1S/C21H20ClN5O/c1-3-4-7-17-21-26-25-19(13-28-2)27(21)18-10-9-14(22)12-15(18)20(24-17)16-8-5-6-11-23-16/h3,5-6,8-12,17H,1,4,7,13H2,2H3/t17-/m0/s1. The molecule has 0 N–H and O–H groups in total. The van der Waals surface area contributed by atoms with Gasteiger partial charge in [-0.05, 0) is 43.2 Å². The number of nitrogens with zero attached hydrogens (tertiary/aromatic N) is 5. The van der Waals surface area contributed by atoms with Gasteiger partial charge >= 0.3 is 0 Å². The third-order valence-electron chi connectivity index (χ3n) is 4.62. The van der Waals surface area contributed by atoms with Crippen molar-refractivity contribution >= 4 is 17.3 Å². The molecule has 0 radical (unpaired) electrons. The summed E-state index contributed by atoms with van der Waals surface area (Å²) in [4.78, 5) is 9.59. The molecule has 1 atom stereocenters. The maximum atomic E-state index is 6.35. The van der Waals surface area contributed by atoms with Gasteiger partial charge in [0.1, 0.15) is 12.6 Å². The number of benzene rings is 1. The molecule has 4 rings (SSSR count). The summed E-state index contributed by atoms with van der Waals surface area (Å²) in [5, 5.41) is 9.44. The van der Waals surface area contributed by atoms with Crippen LogP contribution in [0.5, 0.6) is 0 Å². The van der Waals surface area contributed by atoms with Crippen molar-refractivity contribution in [2.75, 3.05) is 7.11 Å². The lowest BCUT2D eigenvalue weighted by molar-refractivity contribution is 0.176. The van der Waals surface area contributed by atoms with Gasteiger partial charge < -0.3 is 4.74 Å². The largest absolute Gasteiger partial charge is 0.377 e. The van der Waals surface area contributed by atoms with Gasteiger partial charge in [-0.15, -0.1) is 16.8 Å². The Kier molecular flexibility index (Phi) is 5.32. The van der Waals surface area contributed by atoms with Crippen LogP contribution in [-0.2, 0) is 11.3 Å². The summed E-state index contributed by atoms with van der Waals surface area (Å²) in [6.45, 7) is 4.20. The van der Waals surface area contributed by atoms with Crippen molar-refractivity contribution in [3.8, 4) is 5.69 Å². The summed E-state index contributed by atoms with van der Waals surface area (Å²) in [5.41, 5.74) is 3.40. The fourth-order valence-electron chi connectivity index (χ4n) is 3.38. The predicted octanol–water partition coefficient (Wildman–Crippen LogP) is 4.32. The number of aromatic nitrogens is 4. The molecule has 0 spiro atoms. The molecule has 7 heteroatoms. The van der Waals surface area contributed by atoms with E-state index in [1.54, 1.807) is 13.3 Å². The smallest absolute Gasteiger partial charge is 0.163 e. The molecule has 0 saturated carbocycles. The van der Waals surface area contributed by atoms with E-state index in [0.717, 1.165) is 47.1 Å². The van der Waals surface area contributed by atoms with Crippen molar-refractivity contribution in [1.82, 2.24) is 19.7 Å². The number of methoxy groups -OCH3 is 1. The molecule has 1 aromatic carbocycles. The van der Waals surface area contributed by atoms with Gasteiger partial charge in [-0.1, -0.05) is 23.7 Å². The van der Waals surface area contributed by atoms with Gasteiger partial charge in [0.15, 0.2) is 11.6 Å². The minimum atomic E-state index is -0.181. The van der Waals surface area contributed by atoms with Crippen LogP contribution in [0.1, 0.15) is 41.8 Å². The Morgan fingerprint density at radius 2 is 2.14 bits per heavy atom. The van der Waals surface area contributed by atoms with Crippen LogP contribution in [-0.4, -0.2) is 32.6 Å². The Morgan fingerprint density at radius 3 is 2.89 bits per heavy atom. The molecule has 1 aliphatic rings. The van der Waals surface area contributed by atoms with Crippen molar-refractivity contribution < 1.29 is 4.74 Å². The fourth-order valence-corrected chi connectivity index (χ4v) is 3.56. The zero-order chi connectivity index (χ0) is 19.5. The van der Waals surface area contributed by atoms with Crippen LogP contribution in [0.25, 0.3) is 5.69 Å². The van der Waals surface area contributed by atoms with Gasteiger partial charge in [-0.2, -0.15) is 0 Å². The number of hydrogen-bond donors (Lipinski definition) is 0. The second-order valence-electron chi connectivity index (χ2n) is 6.48. The molecule has 3 heterocycles. The lowest BCUT2D eigenvalue weighted by Crippen LogP contribution is -2.11. The second kappa shape index (κ2) is 8.04. The Balaban J connectivity index is 1.99. The minimum Gasteiger partial charge on any atom is -0.377 e. The molecule has 0 aliphatic carbocycles. The number of hydrogen-bond acceptors (Lipinski definition) is 5. The molecule has 28 heavy (non-hydrogen) atoms. The Hall–Kier alpha value is -2.83. The summed E-state index contributed by atoms with van der Waals surface area (Å²) in [5.74, 6) is 1.51. The molecule has 2 aromatic heterocycles. The van der Waals surface area contributed by atoms with Crippen molar-refractivity contribution in [1.29, 1.82) is 0 Å². The first-order chi connectivity index (χ1) is 13.7. The van der Waals surface area contributed by atoms with E-state index >= 15 is 0 Å². The molecule has 142 valence electrons. The van der Waals surface area contributed by atoms with Gasteiger partial charge in [-0.25, -0.2) is 0 Å². The van der Waals surface area contributed by atoms with Crippen LogP contribution < -0.4 is 0 Å². The van der Waals surface area contributed by atoms with Crippen molar-refractivity contribution in [3.63, 3.8) is 0 Å². The molecular weight excluding hydrogens is 374 g/mol. The van der Waals surface area contributed by atoms with E-state index in [2.05, 4.69) is 21.8 Å². The number of aliphatic imine (C=N–C) groups is 1. The lowest BCUT2D eigenvalue weighted by Gasteiger charge is -2.13. The second-order valence-corrected chi connectivity index (χ2v) is 6.92. The average molecular weight is 394 g/mol. The SMILES string of the molecule is C=CCC[C@@H]1N=C(c2ccccn2)c2cc(Cl)ccc2-n2c(COC)nnc21. The van der Waals surface area contributed by atoms with Crippen LogP contribution in [0.3, 0.4) is 0 Å². The van der Waals surface area contributed by atoms with E-state index in [1.165, 1.54) is 0 Å². The minimum absolute atomic E-state index is 0.181. The van der Waals surface area contributed by atoms with Gasteiger partial charge in [-0.3, -0.25) is 14.5 Å². The Bertz CT molecular complexity index is 1030. The Labute approximate surface area is 168 Å². The highest BCUT2D eigenvalue weighted by molar-refractivity contribution is 6.31. The van der Waals surface area contributed by atoms with E-state index in [9.17, 15) is 0 Å². The monoisotopic (exact) mass is 393 g/mol. The topological polar surface area (TPSA) is 65.2 Å². The first kappa shape index (κ1) is 18.5. The maximum absolute atomic E-state index is 6.35. The normalized spacial score (nSPS) is 15.4. The maximum Gasteiger partial charge on any atom is 0.163 e. The van der Waals surface area contributed by atoms with Crippen LogP contribution >= 0.6 is 11.6 Å². The molecular formula is C21H20ClN5O. The quantitative estimate of drug-likeness (QED) is 0.585. The summed E-state index contributed by atoms with van der Waals surface area (Å²) < 4.78 is 7.37. The molecule has 0 unspecified atom stereocenters. The summed E-state index contributed by atoms with van der Waals surface area (Å²) in [6.07, 6.45) is 5.24. The van der Waals surface area contributed by atoms with Gasteiger partial charge in [0, 0.05) is 23.9 Å². The number of ether oxygens (including phenoxy) is 1. The van der Waals surface area contributed by atoms with E-state index in [0.29, 0.717) is 11.6 Å². The molecule has 3 aromatic rings. The van der Waals surface area contributed by atoms with E-state index in [-0.39, 0.29) is 6.04 Å². The summed E-state index contributed by atoms with van der Waals surface area (Å²) >= 11 is 6.35. The summed E-state index contributed by atoms with van der Waals surface area (Å²) in [7, 11) is 1.64. The number of halogens is 1. The molecule has 0 bridgehead atoms.